The van der Waals surface area contributed by atoms with Crippen molar-refractivity contribution in [2.24, 2.45) is 5.92 Å². The average Bonchev–Trinajstić information content (AvgIpc) is 2.65. The van der Waals surface area contributed by atoms with Crippen LogP contribution in [0.5, 0.6) is 0 Å². The van der Waals surface area contributed by atoms with Gasteiger partial charge in [-0.05, 0) is 44.7 Å². The van der Waals surface area contributed by atoms with Gasteiger partial charge in [-0.3, -0.25) is 9.69 Å². The highest BCUT2D eigenvalue weighted by molar-refractivity contribution is 5.78. The smallest absolute Gasteiger partial charge is 0.234 e. The average molecular weight is 269 g/mol. The van der Waals surface area contributed by atoms with Crippen LogP contribution in [0, 0.1) is 5.92 Å². The van der Waals surface area contributed by atoms with Crippen molar-refractivity contribution in [3.63, 3.8) is 0 Å². The van der Waals surface area contributed by atoms with E-state index >= 15 is 0 Å². The van der Waals surface area contributed by atoms with Gasteiger partial charge in [-0.15, -0.1) is 0 Å². The molecule has 2 rings (SSSR count). The number of rotatable bonds is 4. The van der Waals surface area contributed by atoms with Crippen LogP contribution in [-0.2, 0) is 4.79 Å². The summed E-state index contributed by atoms with van der Waals surface area (Å²) in [5.41, 5.74) is 0. The molecule has 0 spiro atoms. The van der Waals surface area contributed by atoms with Gasteiger partial charge in [0.05, 0.1) is 12.6 Å². The second kappa shape index (κ2) is 7.82. The molecule has 0 radical (unpaired) electrons. The monoisotopic (exact) mass is 269 g/mol. The van der Waals surface area contributed by atoms with Crippen molar-refractivity contribution in [3.8, 4) is 0 Å². The summed E-state index contributed by atoms with van der Waals surface area (Å²) < 4.78 is 0. The summed E-state index contributed by atoms with van der Waals surface area (Å²) in [7, 11) is 0. The van der Waals surface area contributed by atoms with Crippen molar-refractivity contribution < 1.29 is 9.90 Å². The van der Waals surface area contributed by atoms with Crippen molar-refractivity contribution in [2.75, 3.05) is 39.3 Å². The van der Waals surface area contributed by atoms with Crippen LogP contribution in [0.3, 0.4) is 0 Å². The van der Waals surface area contributed by atoms with Crippen LogP contribution >= 0.6 is 0 Å². The van der Waals surface area contributed by atoms with Gasteiger partial charge in [-0.2, -0.15) is 0 Å². The second-order valence-corrected chi connectivity index (χ2v) is 5.87. The molecule has 1 saturated heterocycles. The molecule has 3 N–H and O–H groups in total. The van der Waals surface area contributed by atoms with E-state index in [0.29, 0.717) is 12.5 Å². The summed E-state index contributed by atoms with van der Waals surface area (Å²) in [4.78, 5) is 14.1. The van der Waals surface area contributed by atoms with Crippen LogP contribution in [0.2, 0.25) is 0 Å². The minimum Gasteiger partial charge on any atom is -0.393 e. The normalized spacial score (nSPS) is 29.7. The third-order valence-corrected chi connectivity index (χ3v) is 4.14. The highest BCUT2D eigenvalue weighted by Gasteiger charge is 2.21. The molecule has 0 aromatic rings. The number of carbonyl (C=O) groups excluding carboxylic acids is 1. The molecular weight excluding hydrogens is 242 g/mol. The molecule has 0 bridgehead atoms. The van der Waals surface area contributed by atoms with Crippen LogP contribution < -0.4 is 10.6 Å². The van der Waals surface area contributed by atoms with E-state index in [0.717, 1.165) is 64.8 Å². The van der Waals surface area contributed by atoms with Gasteiger partial charge in [0.25, 0.3) is 0 Å². The Morgan fingerprint density at radius 1 is 1.26 bits per heavy atom. The van der Waals surface area contributed by atoms with Gasteiger partial charge in [-0.25, -0.2) is 0 Å². The van der Waals surface area contributed by atoms with Crippen molar-refractivity contribution in [1.82, 2.24) is 15.5 Å². The molecule has 2 unspecified atom stereocenters. The summed E-state index contributed by atoms with van der Waals surface area (Å²) in [5, 5.41) is 16.0. The highest BCUT2D eigenvalue weighted by atomic mass is 16.3. The highest BCUT2D eigenvalue weighted by Crippen LogP contribution is 2.23. The zero-order valence-corrected chi connectivity index (χ0v) is 11.7. The maximum absolute atomic E-state index is 11.9. The summed E-state index contributed by atoms with van der Waals surface area (Å²) in [6, 6.07) is 0. The number of aliphatic hydroxyl groups excluding tert-OH is 1. The molecule has 1 aliphatic carbocycles. The van der Waals surface area contributed by atoms with E-state index in [9.17, 15) is 9.90 Å². The maximum Gasteiger partial charge on any atom is 0.234 e. The first-order chi connectivity index (χ1) is 9.24. The van der Waals surface area contributed by atoms with Crippen LogP contribution in [0.15, 0.2) is 0 Å². The number of nitrogens with zero attached hydrogens (tertiary/aromatic N) is 1. The Kier molecular flexibility index (Phi) is 6.07. The lowest BCUT2D eigenvalue weighted by Crippen LogP contribution is -2.41. The fourth-order valence-corrected chi connectivity index (χ4v) is 3.02. The molecule has 19 heavy (non-hydrogen) atoms. The lowest BCUT2D eigenvalue weighted by atomic mass is 9.87. The fourth-order valence-electron chi connectivity index (χ4n) is 3.02. The largest absolute Gasteiger partial charge is 0.393 e. The van der Waals surface area contributed by atoms with E-state index in [4.69, 9.17) is 0 Å². The molecule has 5 heteroatoms. The lowest BCUT2D eigenvalue weighted by Gasteiger charge is -2.26. The third kappa shape index (κ3) is 5.47. The van der Waals surface area contributed by atoms with E-state index in [-0.39, 0.29) is 12.0 Å². The Morgan fingerprint density at radius 2 is 2.16 bits per heavy atom. The van der Waals surface area contributed by atoms with Gasteiger partial charge < -0.3 is 15.7 Å². The van der Waals surface area contributed by atoms with Gasteiger partial charge in [0, 0.05) is 19.6 Å². The number of hydrogen-bond donors (Lipinski definition) is 3. The van der Waals surface area contributed by atoms with E-state index in [1.165, 1.54) is 0 Å². The topological polar surface area (TPSA) is 64.6 Å². The minimum atomic E-state index is -0.160. The number of aliphatic hydroxyl groups is 1. The number of nitrogens with one attached hydrogen (secondary N) is 2. The lowest BCUT2D eigenvalue weighted by molar-refractivity contribution is -0.122. The quantitative estimate of drug-likeness (QED) is 0.669. The summed E-state index contributed by atoms with van der Waals surface area (Å²) in [6.07, 6.45) is 4.93. The first kappa shape index (κ1) is 14.8. The van der Waals surface area contributed by atoms with Crippen molar-refractivity contribution in [1.29, 1.82) is 0 Å². The summed E-state index contributed by atoms with van der Waals surface area (Å²) in [6.45, 7) is 5.22. The Morgan fingerprint density at radius 3 is 3.00 bits per heavy atom. The Balaban J connectivity index is 1.63. The third-order valence-electron chi connectivity index (χ3n) is 4.14. The van der Waals surface area contributed by atoms with E-state index in [2.05, 4.69) is 15.5 Å². The Bertz CT molecular complexity index is 278. The predicted octanol–water partition coefficient (Wildman–Crippen LogP) is -0.0510. The maximum atomic E-state index is 11.9. The van der Waals surface area contributed by atoms with Crippen molar-refractivity contribution in [3.05, 3.63) is 0 Å². The first-order valence-electron chi connectivity index (χ1n) is 7.62. The zero-order chi connectivity index (χ0) is 13.5. The number of amides is 1. The summed E-state index contributed by atoms with van der Waals surface area (Å²) >= 11 is 0. The number of hydrogen-bond acceptors (Lipinski definition) is 4. The van der Waals surface area contributed by atoms with Crippen molar-refractivity contribution in [2.45, 2.75) is 38.2 Å². The summed E-state index contributed by atoms with van der Waals surface area (Å²) in [5.74, 6) is 0.584. The molecule has 1 saturated carbocycles. The molecule has 1 aliphatic heterocycles. The SMILES string of the molecule is O=C(CN1CCCNCC1)NCC1CCCC(O)C1. The standard InChI is InChI=1S/C14H27N3O2/c18-13-4-1-3-12(9-13)10-16-14(19)11-17-7-2-5-15-6-8-17/h12-13,15,18H,1-11H2,(H,16,19). The second-order valence-electron chi connectivity index (χ2n) is 5.87. The molecule has 5 nitrogen and oxygen atoms in total. The van der Waals surface area contributed by atoms with E-state index in [1.807, 2.05) is 0 Å². The fraction of sp³-hybridized carbons (Fsp3) is 0.929. The molecule has 0 aromatic heterocycles. The van der Waals surface area contributed by atoms with Crippen molar-refractivity contribution >= 4 is 5.91 Å². The van der Waals surface area contributed by atoms with E-state index in [1.54, 1.807) is 0 Å². The Labute approximate surface area is 115 Å². The van der Waals surface area contributed by atoms with Gasteiger partial charge >= 0.3 is 0 Å². The van der Waals surface area contributed by atoms with Gasteiger partial charge in [-0.1, -0.05) is 6.42 Å². The van der Waals surface area contributed by atoms with Crippen LogP contribution in [-0.4, -0.2) is 61.3 Å². The first-order valence-corrected chi connectivity index (χ1v) is 7.62. The van der Waals surface area contributed by atoms with Crippen LogP contribution in [0.25, 0.3) is 0 Å². The molecule has 0 aromatic carbocycles. The number of carbonyl (C=O) groups is 1. The van der Waals surface area contributed by atoms with Gasteiger partial charge in [0.15, 0.2) is 0 Å². The zero-order valence-electron chi connectivity index (χ0n) is 11.7. The minimum absolute atomic E-state index is 0.127. The van der Waals surface area contributed by atoms with E-state index < -0.39 is 0 Å². The molecule has 2 aliphatic rings. The Hall–Kier alpha value is -0.650. The molecule has 1 amide bonds. The molecular formula is C14H27N3O2. The molecule has 1 heterocycles. The van der Waals surface area contributed by atoms with Crippen LogP contribution in [0.1, 0.15) is 32.1 Å². The van der Waals surface area contributed by atoms with Gasteiger partial charge in [0.1, 0.15) is 0 Å². The van der Waals surface area contributed by atoms with Gasteiger partial charge in [0.2, 0.25) is 5.91 Å². The molecule has 2 fully saturated rings. The van der Waals surface area contributed by atoms with Crippen LogP contribution in [0.4, 0.5) is 0 Å². The molecule has 2 atom stereocenters. The predicted molar refractivity (Wildman–Crippen MR) is 74.9 cm³/mol. The molecule has 110 valence electrons.